The van der Waals surface area contributed by atoms with Gasteiger partial charge in [-0.05, 0) is 12.5 Å². The molecule has 0 saturated heterocycles. The van der Waals surface area contributed by atoms with Gasteiger partial charge in [-0.2, -0.15) is 0 Å². The number of amides is 1. The van der Waals surface area contributed by atoms with Crippen molar-refractivity contribution in [3.05, 3.63) is 35.4 Å². The van der Waals surface area contributed by atoms with E-state index in [1.165, 1.54) is 0 Å². The van der Waals surface area contributed by atoms with Crippen LogP contribution in [-0.4, -0.2) is 29.6 Å². The van der Waals surface area contributed by atoms with Gasteiger partial charge in [0.2, 0.25) is 5.91 Å². The molecule has 19 heavy (non-hydrogen) atoms. The first-order valence-electron chi connectivity index (χ1n) is 6.07. The predicted molar refractivity (Wildman–Crippen MR) is 72.8 cm³/mol. The summed E-state index contributed by atoms with van der Waals surface area (Å²) in [7, 11) is 0. The first-order valence-corrected chi connectivity index (χ1v) is 6.07. The number of carbonyl (C=O) groups excluding carboxylic acids is 1. The van der Waals surface area contributed by atoms with E-state index < -0.39 is 17.9 Å². The van der Waals surface area contributed by atoms with Gasteiger partial charge in [0.05, 0.1) is 0 Å². The van der Waals surface area contributed by atoms with E-state index in [9.17, 15) is 9.59 Å². The summed E-state index contributed by atoms with van der Waals surface area (Å²) in [5.74, 6) is -2.00. The van der Waals surface area contributed by atoms with E-state index in [1.54, 1.807) is 0 Å². The Kier molecular flexibility index (Phi) is 4.67. The number of benzene rings is 1. The highest BCUT2D eigenvalue weighted by Crippen LogP contribution is 2.22. The molecule has 1 unspecified atom stereocenters. The molecule has 1 aromatic rings. The number of carbonyl (C=O) groups is 2. The van der Waals surface area contributed by atoms with Crippen LogP contribution in [0.15, 0.2) is 24.3 Å². The maximum atomic E-state index is 11.5. The number of hydrogen-bond donors (Lipinski definition) is 3. The number of rotatable bonds is 5. The first-order chi connectivity index (χ1) is 8.74. The van der Waals surface area contributed by atoms with Gasteiger partial charge in [0.15, 0.2) is 6.04 Å². The molecule has 0 radical (unpaired) electrons. The second-order valence-electron chi connectivity index (χ2n) is 5.28. The molecule has 0 heterocycles. The molecule has 1 atom stereocenters. The number of nitrogens with two attached hydrogens (primary N) is 1. The average Bonchev–Trinajstić information content (AvgIpc) is 2.35. The molecule has 5 nitrogen and oxygen atoms in total. The number of aryl methyl sites for hydroxylation is 1. The maximum Gasteiger partial charge on any atom is 0.330 e. The number of carboxylic acid groups (broad SMARTS) is 1. The standard InChI is InChI=1S/C14H20N2O3/c1-9-4-6-10(7-5-9)14(2,3)8-16-12(17)11(15)13(18)19/h4-7,11H,8,15H2,1-3H3,(H,16,17)(H,18,19). The van der Waals surface area contributed by atoms with Gasteiger partial charge in [-0.3, -0.25) is 4.79 Å². The van der Waals surface area contributed by atoms with E-state index in [0.717, 1.165) is 11.1 Å². The molecular formula is C14H20N2O3. The van der Waals surface area contributed by atoms with Gasteiger partial charge < -0.3 is 16.2 Å². The minimum atomic E-state index is -1.52. The second-order valence-corrected chi connectivity index (χ2v) is 5.28. The van der Waals surface area contributed by atoms with Crippen molar-refractivity contribution in [3.8, 4) is 0 Å². The van der Waals surface area contributed by atoms with Crippen LogP contribution in [-0.2, 0) is 15.0 Å². The molecule has 1 aromatic carbocycles. The van der Waals surface area contributed by atoms with Gasteiger partial charge in [-0.25, -0.2) is 4.79 Å². The minimum Gasteiger partial charge on any atom is -0.480 e. The Morgan fingerprint density at radius 2 is 1.84 bits per heavy atom. The molecule has 0 fully saturated rings. The third kappa shape index (κ3) is 4.06. The van der Waals surface area contributed by atoms with Crippen LogP contribution in [0.1, 0.15) is 25.0 Å². The van der Waals surface area contributed by atoms with Gasteiger partial charge in [0, 0.05) is 12.0 Å². The number of nitrogens with one attached hydrogen (secondary N) is 1. The monoisotopic (exact) mass is 264 g/mol. The van der Waals surface area contributed by atoms with E-state index in [4.69, 9.17) is 10.8 Å². The van der Waals surface area contributed by atoms with Gasteiger partial charge in [-0.15, -0.1) is 0 Å². The van der Waals surface area contributed by atoms with Crippen molar-refractivity contribution in [1.29, 1.82) is 0 Å². The average molecular weight is 264 g/mol. The molecule has 0 aliphatic carbocycles. The van der Waals surface area contributed by atoms with Crippen LogP contribution in [0.2, 0.25) is 0 Å². The van der Waals surface area contributed by atoms with E-state index in [-0.39, 0.29) is 5.41 Å². The third-order valence-electron chi connectivity index (χ3n) is 3.09. The summed E-state index contributed by atoms with van der Waals surface area (Å²) < 4.78 is 0. The van der Waals surface area contributed by atoms with Crippen molar-refractivity contribution in [2.45, 2.75) is 32.2 Å². The van der Waals surface area contributed by atoms with E-state index >= 15 is 0 Å². The fourth-order valence-corrected chi connectivity index (χ4v) is 1.64. The maximum absolute atomic E-state index is 11.5. The Morgan fingerprint density at radius 1 is 1.32 bits per heavy atom. The van der Waals surface area contributed by atoms with Crippen molar-refractivity contribution < 1.29 is 14.7 Å². The number of carboxylic acids is 1. The topological polar surface area (TPSA) is 92.4 Å². The van der Waals surface area contributed by atoms with Crippen LogP contribution in [0.25, 0.3) is 0 Å². The quantitative estimate of drug-likeness (QED) is 0.686. The summed E-state index contributed by atoms with van der Waals surface area (Å²) in [4.78, 5) is 22.1. The summed E-state index contributed by atoms with van der Waals surface area (Å²) in [6.45, 7) is 6.29. The van der Waals surface area contributed by atoms with Gasteiger partial charge in [0.1, 0.15) is 0 Å². The van der Waals surface area contributed by atoms with Crippen molar-refractivity contribution >= 4 is 11.9 Å². The third-order valence-corrected chi connectivity index (χ3v) is 3.09. The van der Waals surface area contributed by atoms with Crippen molar-refractivity contribution in [2.24, 2.45) is 5.73 Å². The highest BCUT2D eigenvalue weighted by Gasteiger charge is 2.25. The molecule has 0 saturated carbocycles. The fraction of sp³-hybridized carbons (Fsp3) is 0.429. The molecule has 4 N–H and O–H groups in total. The van der Waals surface area contributed by atoms with Gasteiger partial charge in [0.25, 0.3) is 0 Å². The lowest BCUT2D eigenvalue weighted by Crippen LogP contribution is -2.48. The van der Waals surface area contributed by atoms with E-state index in [0.29, 0.717) is 6.54 Å². The highest BCUT2D eigenvalue weighted by atomic mass is 16.4. The Hall–Kier alpha value is -1.88. The molecule has 104 valence electrons. The zero-order chi connectivity index (χ0) is 14.6. The summed E-state index contributed by atoms with van der Waals surface area (Å²) in [6.07, 6.45) is 0. The van der Waals surface area contributed by atoms with Crippen LogP contribution < -0.4 is 11.1 Å². The molecule has 1 rings (SSSR count). The Morgan fingerprint density at radius 3 is 2.32 bits per heavy atom. The van der Waals surface area contributed by atoms with Gasteiger partial charge >= 0.3 is 5.97 Å². The van der Waals surface area contributed by atoms with Crippen LogP contribution in [0.5, 0.6) is 0 Å². The van der Waals surface area contributed by atoms with Crippen LogP contribution >= 0.6 is 0 Å². The van der Waals surface area contributed by atoms with E-state index in [2.05, 4.69) is 5.32 Å². The Balaban J connectivity index is 2.67. The zero-order valence-electron chi connectivity index (χ0n) is 11.4. The lowest BCUT2D eigenvalue weighted by Gasteiger charge is -2.26. The molecule has 0 aliphatic heterocycles. The normalized spacial score (nSPS) is 12.8. The van der Waals surface area contributed by atoms with Crippen molar-refractivity contribution in [3.63, 3.8) is 0 Å². The largest absolute Gasteiger partial charge is 0.480 e. The fourth-order valence-electron chi connectivity index (χ4n) is 1.64. The highest BCUT2D eigenvalue weighted by molar-refractivity contribution is 6.00. The molecule has 0 spiro atoms. The van der Waals surface area contributed by atoms with Crippen molar-refractivity contribution in [1.82, 2.24) is 5.32 Å². The lowest BCUT2D eigenvalue weighted by atomic mass is 9.84. The summed E-state index contributed by atoms with van der Waals surface area (Å²) in [5.41, 5.74) is 7.18. The Bertz CT molecular complexity index is 466. The van der Waals surface area contributed by atoms with Crippen molar-refractivity contribution in [2.75, 3.05) is 6.54 Å². The molecule has 1 amide bonds. The first kappa shape index (κ1) is 15.2. The number of aliphatic carboxylic acids is 1. The van der Waals surface area contributed by atoms with Gasteiger partial charge in [-0.1, -0.05) is 43.7 Å². The number of hydrogen-bond acceptors (Lipinski definition) is 3. The summed E-state index contributed by atoms with van der Waals surface area (Å²) >= 11 is 0. The molecule has 0 aromatic heterocycles. The Labute approximate surface area is 112 Å². The molecule has 5 heteroatoms. The smallest absolute Gasteiger partial charge is 0.330 e. The van der Waals surface area contributed by atoms with Crippen LogP contribution in [0.3, 0.4) is 0 Å². The van der Waals surface area contributed by atoms with Crippen LogP contribution in [0.4, 0.5) is 0 Å². The summed E-state index contributed by atoms with van der Waals surface area (Å²) in [5, 5.41) is 11.2. The minimum absolute atomic E-state index is 0.290. The van der Waals surface area contributed by atoms with E-state index in [1.807, 2.05) is 45.0 Å². The molecule has 0 aliphatic rings. The second kappa shape index (κ2) is 5.84. The SMILES string of the molecule is Cc1ccc(C(C)(C)CNC(=O)C(N)C(=O)O)cc1. The van der Waals surface area contributed by atoms with Crippen LogP contribution in [0, 0.1) is 6.92 Å². The summed E-state index contributed by atoms with van der Waals surface area (Å²) in [6, 6.07) is 6.48. The molecular weight excluding hydrogens is 244 g/mol. The zero-order valence-corrected chi connectivity index (χ0v) is 11.4. The lowest BCUT2D eigenvalue weighted by molar-refractivity contribution is -0.142. The molecule has 0 bridgehead atoms. The predicted octanol–water partition coefficient (Wildman–Crippen LogP) is 0.801.